The molecule has 0 aliphatic rings. The van der Waals surface area contributed by atoms with E-state index in [-0.39, 0.29) is 12.3 Å². The Bertz CT molecular complexity index is 703. The van der Waals surface area contributed by atoms with E-state index < -0.39 is 11.7 Å². The lowest BCUT2D eigenvalue weighted by molar-refractivity contribution is 0.103. The van der Waals surface area contributed by atoms with Gasteiger partial charge in [0.15, 0.2) is 0 Å². The number of nitrogens with one attached hydrogen (secondary N) is 1. The number of hydrogen-bond donors (Lipinski definition) is 2. The molecule has 1 aromatic carbocycles. The number of benzene rings is 1. The minimum atomic E-state index is -0.592. The topological polar surface area (TPSA) is 49.3 Å². The molecule has 0 bridgehead atoms. The lowest BCUT2D eigenvalue weighted by Crippen LogP contribution is -2.11. The highest BCUT2D eigenvalue weighted by atomic mass is 35.5. The van der Waals surface area contributed by atoms with Gasteiger partial charge in [-0.3, -0.25) is 4.79 Å². The molecule has 102 valence electrons. The van der Waals surface area contributed by atoms with Gasteiger partial charge in [0.2, 0.25) is 0 Å². The first-order valence-electron chi connectivity index (χ1n) is 5.56. The second-order valence-corrected chi connectivity index (χ2v) is 5.43. The van der Waals surface area contributed by atoms with E-state index in [9.17, 15) is 9.18 Å². The van der Waals surface area contributed by atoms with Crippen LogP contribution < -0.4 is 5.32 Å². The van der Waals surface area contributed by atoms with Crippen LogP contribution in [0.25, 0.3) is 0 Å². The molecule has 0 atom stereocenters. The number of thiophene rings is 1. The van der Waals surface area contributed by atoms with E-state index in [0.717, 1.165) is 11.3 Å². The van der Waals surface area contributed by atoms with Crippen LogP contribution in [0.2, 0.25) is 4.34 Å². The third kappa shape index (κ3) is 3.58. The second kappa shape index (κ2) is 6.53. The SMILES string of the molecule is O=C(Nc1ccc(C#CCO)cc1F)c1ccc(Cl)s1. The fourth-order valence-corrected chi connectivity index (χ4v) is 2.39. The molecule has 0 unspecified atom stereocenters. The van der Waals surface area contributed by atoms with Crippen molar-refractivity contribution >= 4 is 34.5 Å². The zero-order valence-corrected chi connectivity index (χ0v) is 11.7. The van der Waals surface area contributed by atoms with Crippen LogP contribution in [0.15, 0.2) is 30.3 Å². The van der Waals surface area contributed by atoms with Crippen molar-refractivity contribution in [1.29, 1.82) is 0 Å². The Balaban J connectivity index is 2.16. The van der Waals surface area contributed by atoms with Crippen LogP contribution in [0.3, 0.4) is 0 Å². The van der Waals surface area contributed by atoms with Gasteiger partial charge < -0.3 is 10.4 Å². The number of aliphatic hydroxyl groups excluding tert-OH is 1. The minimum absolute atomic E-state index is 0.0640. The lowest BCUT2D eigenvalue weighted by atomic mass is 10.2. The predicted octanol–water partition coefficient (Wildman–Crippen LogP) is 3.14. The van der Waals surface area contributed by atoms with Crippen LogP contribution in [0, 0.1) is 17.7 Å². The molecule has 0 fully saturated rings. The largest absolute Gasteiger partial charge is 0.384 e. The molecule has 0 radical (unpaired) electrons. The van der Waals surface area contributed by atoms with E-state index in [0.29, 0.717) is 14.8 Å². The minimum Gasteiger partial charge on any atom is -0.384 e. The molecule has 1 amide bonds. The Kier molecular flexibility index (Phi) is 4.74. The molecule has 0 spiro atoms. The van der Waals surface area contributed by atoms with Crippen molar-refractivity contribution < 1.29 is 14.3 Å². The van der Waals surface area contributed by atoms with Gasteiger partial charge in [-0.2, -0.15) is 0 Å². The molecule has 0 aliphatic carbocycles. The summed E-state index contributed by atoms with van der Waals surface area (Å²) >= 11 is 6.85. The highest BCUT2D eigenvalue weighted by molar-refractivity contribution is 7.18. The molecule has 2 rings (SSSR count). The molecule has 0 saturated carbocycles. The first-order chi connectivity index (χ1) is 9.60. The lowest BCUT2D eigenvalue weighted by Gasteiger charge is -2.05. The average molecular weight is 310 g/mol. The summed E-state index contributed by atoms with van der Waals surface area (Å²) in [6, 6.07) is 7.35. The number of halogens is 2. The van der Waals surface area contributed by atoms with Crippen molar-refractivity contribution in [2.75, 3.05) is 11.9 Å². The monoisotopic (exact) mass is 309 g/mol. The summed E-state index contributed by atoms with van der Waals surface area (Å²) in [7, 11) is 0. The second-order valence-electron chi connectivity index (χ2n) is 3.71. The Morgan fingerprint density at radius 3 is 2.80 bits per heavy atom. The van der Waals surface area contributed by atoms with Gasteiger partial charge in [0.25, 0.3) is 5.91 Å². The summed E-state index contributed by atoms with van der Waals surface area (Å²) < 4.78 is 14.3. The maximum absolute atomic E-state index is 13.8. The fraction of sp³-hybridized carbons (Fsp3) is 0.0714. The zero-order valence-electron chi connectivity index (χ0n) is 10.1. The fourth-order valence-electron chi connectivity index (χ4n) is 1.46. The third-order valence-corrected chi connectivity index (χ3v) is 3.56. The number of anilines is 1. The van der Waals surface area contributed by atoms with Crippen molar-refractivity contribution in [3.05, 3.63) is 50.9 Å². The van der Waals surface area contributed by atoms with Crippen molar-refractivity contribution in [2.45, 2.75) is 0 Å². The van der Waals surface area contributed by atoms with Gasteiger partial charge in [-0.05, 0) is 30.3 Å². The Morgan fingerprint density at radius 1 is 1.40 bits per heavy atom. The normalized spacial score (nSPS) is 9.75. The highest BCUT2D eigenvalue weighted by Gasteiger charge is 2.11. The van der Waals surface area contributed by atoms with Crippen LogP contribution in [0.1, 0.15) is 15.2 Å². The molecule has 1 aromatic heterocycles. The maximum Gasteiger partial charge on any atom is 0.265 e. The van der Waals surface area contributed by atoms with E-state index in [2.05, 4.69) is 17.2 Å². The number of hydrogen-bond acceptors (Lipinski definition) is 3. The highest BCUT2D eigenvalue weighted by Crippen LogP contribution is 2.23. The van der Waals surface area contributed by atoms with Crippen molar-refractivity contribution in [1.82, 2.24) is 0 Å². The van der Waals surface area contributed by atoms with Gasteiger partial charge in [0.05, 0.1) is 14.9 Å². The summed E-state index contributed by atoms with van der Waals surface area (Å²) in [6.07, 6.45) is 0. The summed E-state index contributed by atoms with van der Waals surface area (Å²) in [6.45, 7) is -0.292. The molecular formula is C14H9ClFNO2S. The first-order valence-corrected chi connectivity index (χ1v) is 6.75. The molecule has 0 aliphatic heterocycles. The molecule has 2 aromatic rings. The standard InChI is InChI=1S/C14H9ClFNO2S/c15-13-6-5-12(20-13)14(19)17-11-4-3-9(2-1-7-18)8-10(11)16/h3-6,8,18H,7H2,(H,17,19). The van der Waals surface area contributed by atoms with E-state index >= 15 is 0 Å². The summed E-state index contributed by atoms with van der Waals surface area (Å²) in [5.74, 6) is 3.99. The molecular weight excluding hydrogens is 301 g/mol. The van der Waals surface area contributed by atoms with E-state index in [1.165, 1.54) is 12.1 Å². The van der Waals surface area contributed by atoms with Crippen molar-refractivity contribution in [3.63, 3.8) is 0 Å². The van der Waals surface area contributed by atoms with Crippen LogP contribution in [0.4, 0.5) is 10.1 Å². The van der Waals surface area contributed by atoms with Gasteiger partial charge >= 0.3 is 0 Å². The third-order valence-electron chi connectivity index (χ3n) is 2.33. The van der Waals surface area contributed by atoms with Crippen LogP contribution >= 0.6 is 22.9 Å². The summed E-state index contributed by atoms with van der Waals surface area (Å²) in [5, 5.41) is 11.0. The maximum atomic E-state index is 13.8. The summed E-state index contributed by atoms with van der Waals surface area (Å²) in [5.41, 5.74) is 0.489. The van der Waals surface area contributed by atoms with Crippen molar-refractivity contribution in [2.24, 2.45) is 0 Å². The molecule has 3 nitrogen and oxygen atoms in total. The van der Waals surface area contributed by atoms with Gasteiger partial charge in [-0.15, -0.1) is 11.3 Å². The Hall–Kier alpha value is -1.87. The van der Waals surface area contributed by atoms with E-state index in [4.69, 9.17) is 16.7 Å². The molecule has 0 saturated heterocycles. The van der Waals surface area contributed by atoms with Gasteiger partial charge in [0, 0.05) is 5.56 Å². The number of rotatable bonds is 2. The van der Waals surface area contributed by atoms with Gasteiger partial charge in [-0.1, -0.05) is 23.4 Å². The number of carbonyl (C=O) groups excluding carboxylic acids is 1. The number of aliphatic hydroxyl groups is 1. The van der Waals surface area contributed by atoms with Crippen LogP contribution in [-0.4, -0.2) is 17.6 Å². The van der Waals surface area contributed by atoms with E-state index in [1.807, 2.05) is 0 Å². The first kappa shape index (κ1) is 14.5. The molecule has 2 N–H and O–H groups in total. The van der Waals surface area contributed by atoms with Gasteiger partial charge in [-0.25, -0.2) is 4.39 Å². The molecule has 6 heteroatoms. The molecule has 1 heterocycles. The Morgan fingerprint density at radius 2 is 2.20 bits per heavy atom. The van der Waals surface area contributed by atoms with Crippen LogP contribution in [-0.2, 0) is 0 Å². The van der Waals surface area contributed by atoms with Gasteiger partial charge in [0.1, 0.15) is 12.4 Å². The van der Waals surface area contributed by atoms with Crippen LogP contribution in [0.5, 0.6) is 0 Å². The van der Waals surface area contributed by atoms with E-state index in [1.54, 1.807) is 18.2 Å². The number of amides is 1. The average Bonchev–Trinajstić information content (AvgIpc) is 2.86. The number of carbonyl (C=O) groups is 1. The quantitative estimate of drug-likeness (QED) is 0.837. The van der Waals surface area contributed by atoms with Crippen molar-refractivity contribution in [3.8, 4) is 11.8 Å². The molecule has 20 heavy (non-hydrogen) atoms. The Labute approximate surface area is 124 Å². The summed E-state index contributed by atoms with van der Waals surface area (Å²) in [4.78, 5) is 12.3. The zero-order chi connectivity index (χ0) is 14.5. The predicted molar refractivity (Wildman–Crippen MR) is 77.6 cm³/mol. The smallest absolute Gasteiger partial charge is 0.265 e.